The number of aromatic nitrogens is 2. The minimum absolute atomic E-state index is 0.0276. The third-order valence-electron chi connectivity index (χ3n) is 5.11. The molecular formula is C25H18N2O5. The lowest BCUT2D eigenvalue weighted by Crippen LogP contribution is -2.08. The third-order valence-corrected chi connectivity index (χ3v) is 5.11. The van der Waals surface area contributed by atoms with Crippen LogP contribution in [0.1, 0.15) is 0 Å². The number of hydrogen-bond donors (Lipinski definition) is 0. The van der Waals surface area contributed by atoms with Crippen LogP contribution in [0.25, 0.3) is 33.2 Å². The van der Waals surface area contributed by atoms with E-state index in [1.165, 1.54) is 6.33 Å². The monoisotopic (exact) mass is 426 g/mol. The van der Waals surface area contributed by atoms with Crippen LogP contribution in [0.4, 0.5) is 0 Å². The molecule has 0 bridgehead atoms. The molecule has 0 atom stereocenters. The van der Waals surface area contributed by atoms with Crippen LogP contribution in [0.5, 0.6) is 23.1 Å². The zero-order valence-corrected chi connectivity index (χ0v) is 17.4. The van der Waals surface area contributed by atoms with Crippen LogP contribution in [0.2, 0.25) is 0 Å². The lowest BCUT2D eigenvalue weighted by atomic mass is 10.1. The Balaban J connectivity index is 1.76. The lowest BCUT2D eigenvalue weighted by molar-refractivity contribution is 0.355. The van der Waals surface area contributed by atoms with E-state index in [2.05, 4.69) is 9.97 Å². The highest BCUT2D eigenvalue weighted by Crippen LogP contribution is 2.38. The number of methoxy groups -OCH3 is 2. The molecule has 7 nitrogen and oxygen atoms in total. The fourth-order valence-corrected chi connectivity index (χ4v) is 3.54. The summed E-state index contributed by atoms with van der Waals surface area (Å²) >= 11 is 0. The van der Waals surface area contributed by atoms with Crippen LogP contribution in [0.15, 0.2) is 82.3 Å². The van der Waals surface area contributed by atoms with Gasteiger partial charge in [0.1, 0.15) is 11.9 Å². The summed E-state index contributed by atoms with van der Waals surface area (Å²) in [5.41, 5.74) is 1.44. The number of ether oxygens (including phenoxy) is 3. The Morgan fingerprint density at radius 2 is 1.56 bits per heavy atom. The van der Waals surface area contributed by atoms with Gasteiger partial charge in [0.2, 0.25) is 17.1 Å². The summed E-state index contributed by atoms with van der Waals surface area (Å²) in [7, 11) is 3.10. The summed E-state index contributed by atoms with van der Waals surface area (Å²) < 4.78 is 23.0. The van der Waals surface area contributed by atoms with Crippen molar-refractivity contribution in [2.75, 3.05) is 14.2 Å². The molecule has 2 aromatic heterocycles. The van der Waals surface area contributed by atoms with Crippen molar-refractivity contribution in [3.63, 3.8) is 0 Å². The van der Waals surface area contributed by atoms with Crippen molar-refractivity contribution in [1.82, 2.24) is 9.97 Å². The summed E-state index contributed by atoms with van der Waals surface area (Å²) in [6.07, 6.45) is 1.40. The normalized spacial score (nSPS) is 10.9. The minimum atomic E-state index is -0.306. The number of benzene rings is 3. The minimum Gasteiger partial charge on any atom is -0.493 e. The SMILES string of the molecule is COc1ccc(-c2oc3ccccc3c(=O)c2Oc2ncnc3ccccc23)cc1OC. The van der Waals surface area contributed by atoms with Crippen molar-refractivity contribution in [2.45, 2.75) is 0 Å². The molecule has 5 rings (SSSR count). The zero-order chi connectivity index (χ0) is 22.1. The van der Waals surface area contributed by atoms with E-state index >= 15 is 0 Å². The van der Waals surface area contributed by atoms with E-state index in [1.54, 1.807) is 50.6 Å². The van der Waals surface area contributed by atoms with Gasteiger partial charge in [-0.3, -0.25) is 4.79 Å². The van der Waals surface area contributed by atoms with Gasteiger partial charge in [0, 0.05) is 5.56 Å². The highest BCUT2D eigenvalue weighted by atomic mass is 16.5. The van der Waals surface area contributed by atoms with Crippen molar-refractivity contribution >= 4 is 21.9 Å². The second-order valence-corrected chi connectivity index (χ2v) is 6.95. The summed E-state index contributed by atoms with van der Waals surface area (Å²) in [5, 5.41) is 1.09. The second kappa shape index (κ2) is 8.03. The molecule has 0 unspecified atom stereocenters. The van der Waals surface area contributed by atoms with E-state index in [1.807, 2.05) is 30.3 Å². The van der Waals surface area contributed by atoms with Gasteiger partial charge in [0.25, 0.3) is 0 Å². The maximum atomic E-state index is 13.5. The average molecular weight is 426 g/mol. The zero-order valence-electron chi connectivity index (χ0n) is 17.4. The van der Waals surface area contributed by atoms with Gasteiger partial charge in [0.15, 0.2) is 17.3 Å². The van der Waals surface area contributed by atoms with Gasteiger partial charge >= 0.3 is 0 Å². The largest absolute Gasteiger partial charge is 0.493 e. The van der Waals surface area contributed by atoms with Gasteiger partial charge in [-0.05, 0) is 42.5 Å². The highest BCUT2D eigenvalue weighted by molar-refractivity contribution is 5.85. The standard InChI is InChI=1S/C25H18N2O5/c1-29-20-12-11-15(13-21(20)30-2)23-24(22(28)17-8-4-6-10-19(17)31-23)32-25-16-7-3-5-9-18(16)26-14-27-25/h3-14H,1-2H3. The molecule has 0 saturated heterocycles. The van der Waals surface area contributed by atoms with Crippen molar-refractivity contribution in [3.05, 3.63) is 83.3 Å². The molecular weight excluding hydrogens is 408 g/mol. The molecule has 2 heterocycles. The summed E-state index contributed by atoms with van der Waals surface area (Å²) in [5.74, 6) is 1.61. The van der Waals surface area contributed by atoms with E-state index in [9.17, 15) is 4.79 Å². The van der Waals surface area contributed by atoms with E-state index in [0.717, 1.165) is 0 Å². The summed E-state index contributed by atoms with van der Waals surface area (Å²) in [6, 6.07) is 19.7. The van der Waals surface area contributed by atoms with Gasteiger partial charge in [-0.15, -0.1) is 0 Å². The molecule has 7 heteroatoms. The summed E-state index contributed by atoms with van der Waals surface area (Å²) in [6.45, 7) is 0. The molecule has 5 aromatic rings. The van der Waals surface area contributed by atoms with Crippen molar-refractivity contribution in [2.24, 2.45) is 0 Å². The number of hydrogen-bond acceptors (Lipinski definition) is 7. The van der Waals surface area contributed by atoms with Crippen molar-refractivity contribution in [1.29, 1.82) is 0 Å². The van der Waals surface area contributed by atoms with E-state index in [4.69, 9.17) is 18.6 Å². The first-order chi connectivity index (χ1) is 15.7. The van der Waals surface area contributed by atoms with Gasteiger partial charge in [-0.2, -0.15) is 0 Å². The Hall–Kier alpha value is -4.39. The molecule has 0 amide bonds. The smallest absolute Gasteiger partial charge is 0.235 e. The topological polar surface area (TPSA) is 83.7 Å². The molecule has 0 fully saturated rings. The average Bonchev–Trinajstić information content (AvgIpc) is 2.85. The Morgan fingerprint density at radius 3 is 2.38 bits per heavy atom. The van der Waals surface area contributed by atoms with Crippen LogP contribution >= 0.6 is 0 Å². The molecule has 0 N–H and O–H groups in total. The van der Waals surface area contributed by atoms with Crippen LogP contribution in [-0.4, -0.2) is 24.2 Å². The first-order valence-electron chi connectivity index (χ1n) is 9.85. The van der Waals surface area contributed by atoms with Crippen molar-refractivity contribution < 1.29 is 18.6 Å². The number of nitrogens with zero attached hydrogens (tertiary/aromatic N) is 2. The van der Waals surface area contributed by atoms with Crippen molar-refractivity contribution in [3.8, 4) is 34.5 Å². The predicted octanol–water partition coefficient (Wildman–Crippen LogP) is 5.21. The summed E-state index contributed by atoms with van der Waals surface area (Å²) in [4.78, 5) is 22.0. The maximum Gasteiger partial charge on any atom is 0.235 e. The van der Waals surface area contributed by atoms with Gasteiger partial charge < -0.3 is 18.6 Å². The van der Waals surface area contributed by atoms with Crippen LogP contribution in [-0.2, 0) is 0 Å². The quantitative estimate of drug-likeness (QED) is 0.381. The van der Waals surface area contributed by atoms with Gasteiger partial charge in [-0.1, -0.05) is 24.3 Å². The molecule has 32 heavy (non-hydrogen) atoms. The van der Waals surface area contributed by atoms with Crippen LogP contribution in [0.3, 0.4) is 0 Å². The van der Waals surface area contributed by atoms with E-state index in [0.29, 0.717) is 38.9 Å². The molecule has 0 spiro atoms. The molecule has 3 aromatic carbocycles. The van der Waals surface area contributed by atoms with Gasteiger partial charge in [0.05, 0.1) is 30.5 Å². The highest BCUT2D eigenvalue weighted by Gasteiger charge is 2.21. The van der Waals surface area contributed by atoms with Gasteiger partial charge in [-0.25, -0.2) is 9.97 Å². The molecule has 0 aliphatic rings. The Kier molecular flexibility index (Phi) is 4.91. The third kappa shape index (κ3) is 3.30. The Labute approximate surface area is 182 Å². The first kappa shape index (κ1) is 19.6. The van der Waals surface area contributed by atoms with Crippen LogP contribution < -0.4 is 19.6 Å². The fourth-order valence-electron chi connectivity index (χ4n) is 3.54. The number of fused-ring (bicyclic) bond motifs is 2. The maximum absolute atomic E-state index is 13.5. The Morgan fingerprint density at radius 1 is 0.812 bits per heavy atom. The lowest BCUT2D eigenvalue weighted by Gasteiger charge is -2.13. The predicted molar refractivity (Wildman–Crippen MR) is 121 cm³/mol. The fraction of sp³-hybridized carbons (Fsp3) is 0.0800. The number of para-hydroxylation sites is 2. The second-order valence-electron chi connectivity index (χ2n) is 6.95. The van der Waals surface area contributed by atoms with Crippen LogP contribution in [0, 0.1) is 0 Å². The molecule has 0 aliphatic carbocycles. The van der Waals surface area contributed by atoms with E-state index in [-0.39, 0.29) is 22.8 Å². The molecule has 158 valence electrons. The Bertz CT molecular complexity index is 1500. The van der Waals surface area contributed by atoms with E-state index < -0.39 is 0 Å². The first-order valence-corrected chi connectivity index (χ1v) is 9.85. The molecule has 0 aliphatic heterocycles. The number of rotatable bonds is 5. The molecule has 0 saturated carbocycles. The molecule has 0 radical (unpaired) electrons.